The zero-order chi connectivity index (χ0) is 24.2. The number of ether oxygens (including phenoxy) is 1. The van der Waals surface area contributed by atoms with Gasteiger partial charge in [0.2, 0.25) is 5.88 Å². The Morgan fingerprint density at radius 3 is 2.61 bits per heavy atom. The SMILES string of the molecule is CC(C)(CC(O)(CNc1cc2c(O)[nH]c(=O)cc2[nH]1)C(F)(F)F)c1cc(Cl)cc2c1OCC2. The van der Waals surface area contributed by atoms with Crippen LogP contribution in [0.2, 0.25) is 5.02 Å². The molecule has 0 saturated heterocycles. The molecule has 1 unspecified atom stereocenters. The second kappa shape index (κ2) is 7.88. The van der Waals surface area contributed by atoms with Crippen LogP contribution in [-0.4, -0.2) is 45.1 Å². The van der Waals surface area contributed by atoms with Crippen LogP contribution in [0.3, 0.4) is 0 Å². The zero-order valence-corrected chi connectivity index (χ0v) is 18.6. The van der Waals surface area contributed by atoms with Crippen LogP contribution in [0.1, 0.15) is 31.4 Å². The number of hydrogen-bond donors (Lipinski definition) is 5. The minimum Gasteiger partial charge on any atom is -0.494 e. The number of aliphatic hydroxyl groups is 1. The highest BCUT2D eigenvalue weighted by atomic mass is 35.5. The van der Waals surface area contributed by atoms with Crippen LogP contribution in [-0.2, 0) is 11.8 Å². The van der Waals surface area contributed by atoms with Crippen LogP contribution in [0.25, 0.3) is 10.9 Å². The number of H-pyrrole nitrogens is 2. The fourth-order valence-corrected chi connectivity index (χ4v) is 4.57. The van der Waals surface area contributed by atoms with Crippen molar-refractivity contribution < 1.29 is 28.1 Å². The van der Waals surface area contributed by atoms with Crippen molar-refractivity contribution in [3.05, 3.63) is 50.8 Å². The Hall–Kier alpha value is -2.85. The molecular weight excluding hydrogens is 463 g/mol. The highest BCUT2D eigenvalue weighted by molar-refractivity contribution is 6.30. The summed E-state index contributed by atoms with van der Waals surface area (Å²) in [7, 11) is 0. The Bertz CT molecular complexity index is 1270. The Labute approximate surface area is 191 Å². The zero-order valence-electron chi connectivity index (χ0n) is 17.9. The molecule has 3 heterocycles. The molecule has 7 nitrogen and oxygen atoms in total. The van der Waals surface area contributed by atoms with Gasteiger partial charge in [0, 0.05) is 23.1 Å². The van der Waals surface area contributed by atoms with E-state index in [9.17, 15) is 28.2 Å². The Morgan fingerprint density at radius 2 is 1.91 bits per heavy atom. The molecule has 1 aliphatic rings. The average Bonchev–Trinajstić information content (AvgIpc) is 3.31. The summed E-state index contributed by atoms with van der Waals surface area (Å²) in [6.07, 6.45) is -5.01. The molecule has 2 aromatic heterocycles. The average molecular weight is 486 g/mol. The van der Waals surface area contributed by atoms with Gasteiger partial charge in [0.05, 0.1) is 24.1 Å². The molecule has 0 saturated carbocycles. The number of hydrogen-bond acceptors (Lipinski definition) is 5. The first-order chi connectivity index (χ1) is 15.3. The maximum atomic E-state index is 14.1. The first kappa shape index (κ1) is 23.3. The van der Waals surface area contributed by atoms with Crippen LogP contribution in [0, 0.1) is 0 Å². The number of alkyl halides is 3. The predicted molar refractivity (Wildman–Crippen MR) is 118 cm³/mol. The van der Waals surface area contributed by atoms with Gasteiger partial charge in [-0.25, -0.2) is 0 Å². The van der Waals surface area contributed by atoms with Gasteiger partial charge in [-0.1, -0.05) is 25.4 Å². The van der Waals surface area contributed by atoms with E-state index in [-0.39, 0.29) is 16.7 Å². The summed E-state index contributed by atoms with van der Waals surface area (Å²) in [5.41, 5.74) is -3.26. The molecule has 1 atom stereocenters. The summed E-state index contributed by atoms with van der Waals surface area (Å²) in [4.78, 5) is 16.4. The number of pyridine rings is 1. The van der Waals surface area contributed by atoms with E-state index in [4.69, 9.17) is 16.3 Å². The van der Waals surface area contributed by atoms with Gasteiger partial charge in [-0.3, -0.25) is 9.78 Å². The molecule has 0 radical (unpaired) electrons. The number of benzene rings is 1. The van der Waals surface area contributed by atoms with Crippen molar-refractivity contribution in [1.82, 2.24) is 9.97 Å². The lowest BCUT2D eigenvalue weighted by molar-refractivity contribution is -0.260. The van der Waals surface area contributed by atoms with Crippen LogP contribution >= 0.6 is 11.6 Å². The van der Waals surface area contributed by atoms with E-state index in [1.165, 1.54) is 12.1 Å². The second-order valence-corrected chi connectivity index (χ2v) is 9.41. The van der Waals surface area contributed by atoms with E-state index in [0.717, 1.165) is 5.56 Å². The third-order valence-electron chi connectivity index (χ3n) is 5.93. The fraction of sp³-hybridized carbons (Fsp3) is 0.409. The molecule has 5 N–H and O–H groups in total. The second-order valence-electron chi connectivity index (χ2n) is 8.98. The molecule has 0 fully saturated rings. The van der Waals surface area contributed by atoms with Gasteiger partial charge >= 0.3 is 6.18 Å². The largest absolute Gasteiger partial charge is 0.494 e. The van der Waals surface area contributed by atoms with E-state index in [2.05, 4.69) is 15.3 Å². The number of fused-ring (bicyclic) bond motifs is 2. The van der Waals surface area contributed by atoms with Crippen LogP contribution < -0.4 is 15.6 Å². The van der Waals surface area contributed by atoms with E-state index >= 15 is 0 Å². The lowest BCUT2D eigenvalue weighted by atomic mass is 9.74. The minimum absolute atomic E-state index is 0.103. The van der Waals surface area contributed by atoms with E-state index in [1.807, 2.05) is 0 Å². The number of anilines is 1. The van der Waals surface area contributed by atoms with Crippen molar-refractivity contribution in [1.29, 1.82) is 0 Å². The number of aromatic amines is 2. The highest BCUT2D eigenvalue weighted by Gasteiger charge is 2.56. The fourth-order valence-electron chi connectivity index (χ4n) is 4.33. The summed E-state index contributed by atoms with van der Waals surface area (Å²) in [6.45, 7) is 2.75. The summed E-state index contributed by atoms with van der Waals surface area (Å²) >= 11 is 6.20. The minimum atomic E-state index is -4.95. The molecule has 1 aromatic carbocycles. The first-order valence-corrected chi connectivity index (χ1v) is 10.6. The number of halogens is 4. The van der Waals surface area contributed by atoms with Gasteiger partial charge in [0.25, 0.3) is 5.56 Å². The van der Waals surface area contributed by atoms with Crippen molar-refractivity contribution in [2.45, 2.75) is 43.9 Å². The number of aromatic hydroxyl groups is 1. The molecule has 0 aliphatic carbocycles. The van der Waals surface area contributed by atoms with Crippen molar-refractivity contribution in [3.8, 4) is 11.6 Å². The van der Waals surface area contributed by atoms with Gasteiger partial charge < -0.3 is 25.3 Å². The predicted octanol–water partition coefficient (Wildman–Crippen LogP) is 4.22. The van der Waals surface area contributed by atoms with Gasteiger partial charge in [0.1, 0.15) is 11.6 Å². The smallest absolute Gasteiger partial charge is 0.418 e. The van der Waals surface area contributed by atoms with Crippen LogP contribution in [0.5, 0.6) is 11.6 Å². The molecule has 1 aliphatic heterocycles. The maximum Gasteiger partial charge on any atom is 0.418 e. The Balaban J connectivity index is 1.63. The summed E-state index contributed by atoms with van der Waals surface area (Å²) < 4.78 is 47.9. The lowest BCUT2D eigenvalue weighted by Gasteiger charge is -2.38. The van der Waals surface area contributed by atoms with Gasteiger partial charge in [-0.15, -0.1) is 0 Å². The molecule has 0 amide bonds. The summed E-state index contributed by atoms with van der Waals surface area (Å²) in [5, 5.41) is 23.8. The topological polar surface area (TPSA) is 110 Å². The van der Waals surface area contributed by atoms with Crippen LogP contribution in [0.15, 0.2) is 29.1 Å². The third-order valence-corrected chi connectivity index (χ3v) is 6.15. The van der Waals surface area contributed by atoms with Crippen molar-refractivity contribution >= 4 is 28.3 Å². The molecule has 0 spiro atoms. The Kier molecular flexibility index (Phi) is 5.57. The molecular formula is C22H23ClF3N3O4. The van der Waals surface area contributed by atoms with E-state index in [0.29, 0.717) is 29.4 Å². The van der Waals surface area contributed by atoms with Crippen molar-refractivity contribution in [3.63, 3.8) is 0 Å². The van der Waals surface area contributed by atoms with Crippen molar-refractivity contribution in [2.24, 2.45) is 0 Å². The Morgan fingerprint density at radius 1 is 1.18 bits per heavy atom. The molecule has 178 valence electrons. The van der Waals surface area contributed by atoms with Gasteiger partial charge in [0.15, 0.2) is 5.60 Å². The molecule has 0 bridgehead atoms. The normalized spacial score (nSPS) is 15.8. The van der Waals surface area contributed by atoms with E-state index < -0.39 is 41.6 Å². The quantitative estimate of drug-likeness (QED) is 0.359. The lowest BCUT2D eigenvalue weighted by Crippen LogP contribution is -2.53. The summed E-state index contributed by atoms with van der Waals surface area (Å²) in [6, 6.07) is 5.82. The summed E-state index contributed by atoms with van der Waals surface area (Å²) in [5.74, 6) is 0.202. The van der Waals surface area contributed by atoms with Gasteiger partial charge in [-0.05, 0) is 35.6 Å². The molecule has 3 aromatic rings. The molecule has 33 heavy (non-hydrogen) atoms. The number of aromatic nitrogens is 2. The standard InChI is InChI=1S/C22H23ClF3N3O4/c1-20(2,14-6-12(23)5-11-3-4-33-18(11)14)9-21(32,22(24,25)26)10-27-16-7-13-15(28-16)8-17(30)29-19(13)31/h5-8,27-28,32H,3-4,9-10H2,1-2H3,(H2,29,30,31). The number of nitrogens with one attached hydrogen (secondary N) is 3. The third kappa shape index (κ3) is 4.37. The first-order valence-electron chi connectivity index (χ1n) is 10.2. The molecule has 4 rings (SSSR count). The molecule has 11 heteroatoms. The number of rotatable bonds is 6. The highest BCUT2D eigenvalue weighted by Crippen LogP contribution is 2.46. The van der Waals surface area contributed by atoms with Gasteiger partial charge in [-0.2, -0.15) is 13.2 Å². The monoisotopic (exact) mass is 485 g/mol. The van der Waals surface area contributed by atoms with E-state index in [1.54, 1.807) is 26.0 Å². The van der Waals surface area contributed by atoms with Crippen LogP contribution in [0.4, 0.5) is 19.0 Å². The maximum absolute atomic E-state index is 14.1. The van der Waals surface area contributed by atoms with Crippen molar-refractivity contribution in [2.75, 3.05) is 18.5 Å².